The van der Waals surface area contributed by atoms with Crippen molar-refractivity contribution >= 4 is 40.1 Å². The number of hydrogen-bond acceptors (Lipinski definition) is 7. The molecule has 1 fully saturated rings. The van der Waals surface area contributed by atoms with Crippen LogP contribution in [0.5, 0.6) is 11.5 Å². The van der Waals surface area contributed by atoms with E-state index in [0.29, 0.717) is 52.7 Å². The number of methoxy groups -OCH3 is 2. The lowest BCUT2D eigenvalue weighted by molar-refractivity contribution is 0.0767. The van der Waals surface area contributed by atoms with E-state index in [1.807, 2.05) is 18.2 Å². The summed E-state index contributed by atoms with van der Waals surface area (Å²) < 4.78 is 16.2. The van der Waals surface area contributed by atoms with Gasteiger partial charge in [-0.3, -0.25) is 0 Å². The van der Waals surface area contributed by atoms with Crippen LogP contribution >= 0.6 is 23.2 Å². The Morgan fingerprint density at radius 1 is 1.19 bits per heavy atom. The van der Waals surface area contributed by atoms with Gasteiger partial charge in [0.05, 0.1) is 48.5 Å². The standard InChI is InChI=1S/C21H20Cl2N6O3/c1-30-16-8-17(31-2)20(23)18(19(16)22)11-3-4-13-12(7-11)9-25-21(26-13)27-15-10-32-6-5-14(15)28-29-24/h3-4,7-9,14-15H,5-6,10H2,1-2H3,(H,25,26,27)/t14?,15-/m1/s1. The fourth-order valence-electron chi connectivity index (χ4n) is 3.63. The molecule has 1 aliphatic rings. The number of nitrogens with one attached hydrogen (secondary N) is 1. The van der Waals surface area contributed by atoms with E-state index in [4.69, 9.17) is 42.9 Å². The molecule has 1 aliphatic heterocycles. The van der Waals surface area contributed by atoms with Gasteiger partial charge in [0.15, 0.2) is 0 Å². The summed E-state index contributed by atoms with van der Waals surface area (Å²) in [5.74, 6) is 1.35. The molecule has 1 unspecified atom stereocenters. The molecule has 1 N–H and O–H groups in total. The molecule has 2 heterocycles. The summed E-state index contributed by atoms with van der Waals surface area (Å²) in [6.07, 6.45) is 2.35. The first-order valence-electron chi connectivity index (χ1n) is 9.81. The van der Waals surface area contributed by atoms with Gasteiger partial charge in [-0.2, -0.15) is 0 Å². The highest BCUT2D eigenvalue weighted by atomic mass is 35.5. The third kappa shape index (κ3) is 4.33. The van der Waals surface area contributed by atoms with Crippen LogP contribution < -0.4 is 14.8 Å². The normalized spacial score (nSPS) is 18.1. The zero-order valence-electron chi connectivity index (χ0n) is 17.4. The number of azide groups is 1. The molecule has 9 nitrogen and oxygen atoms in total. The maximum absolute atomic E-state index is 8.79. The van der Waals surface area contributed by atoms with Gasteiger partial charge in [0.25, 0.3) is 0 Å². The Kier molecular flexibility index (Phi) is 6.72. The lowest BCUT2D eigenvalue weighted by Gasteiger charge is -2.28. The number of halogens is 2. The van der Waals surface area contributed by atoms with Crippen molar-refractivity contribution in [3.05, 3.63) is 51.0 Å². The first kappa shape index (κ1) is 22.2. The van der Waals surface area contributed by atoms with Gasteiger partial charge in [-0.05, 0) is 29.6 Å². The fraction of sp³-hybridized carbons (Fsp3) is 0.333. The average molecular weight is 475 g/mol. The Morgan fingerprint density at radius 3 is 2.62 bits per heavy atom. The van der Waals surface area contributed by atoms with E-state index >= 15 is 0 Å². The molecule has 0 aliphatic carbocycles. The van der Waals surface area contributed by atoms with E-state index in [1.54, 1.807) is 12.3 Å². The average Bonchev–Trinajstić information content (AvgIpc) is 2.81. The topological polar surface area (TPSA) is 114 Å². The van der Waals surface area contributed by atoms with Crippen molar-refractivity contribution in [1.82, 2.24) is 9.97 Å². The van der Waals surface area contributed by atoms with Crippen LogP contribution in [-0.2, 0) is 4.74 Å². The van der Waals surface area contributed by atoms with Gasteiger partial charge in [0.1, 0.15) is 11.5 Å². The Morgan fingerprint density at radius 2 is 1.94 bits per heavy atom. The fourth-order valence-corrected chi connectivity index (χ4v) is 4.35. The number of anilines is 1. The van der Waals surface area contributed by atoms with E-state index in [-0.39, 0.29) is 12.1 Å². The molecule has 1 saturated heterocycles. The van der Waals surface area contributed by atoms with Crippen LogP contribution in [0.4, 0.5) is 5.95 Å². The van der Waals surface area contributed by atoms with Crippen molar-refractivity contribution in [3.63, 3.8) is 0 Å². The monoisotopic (exact) mass is 474 g/mol. The van der Waals surface area contributed by atoms with Gasteiger partial charge < -0.3 is 19.5 Å². The van der Waals surface area contributed by atoms with Crippen molar-refractivity contribution < 1.29 is 14.2 Å². The third-order valence-corrected chi connectivity index (χ3v) is 6.03. The van der Waals surface area contributed by atoms with Gasteiger partial charge in [-0.1, -0.05) is 34.4 Å². The van der Waals surface area contributed by atoms with Gasteiger partial charge in [-0.25, -0.2) is 9.97 Å². The summed E-state index contributed by atoms with van der Waals surface area (Å²) in [5, 5.41) is 8.64. The molecule has 0 bridgehead atoms. The summed E-state index contributed by atoms with van der Waals surface area (Å²) in [7, 11) is 3.07. The summed E-state index contributed by atoms with van der Waals surface area (Å²) >= 11 is 13.1. The van der Waals surface area contributed by atoms with Gasteiger partial charge in [0, 0.05) is 34.7 Å². The van der Waals surface area contributed by atoms with Crippen LogP contribution in [0.3, 0.4) is 0 Å². The van der Waals surface area contributed by atoms with Crippen molar-refractivity contribution in [2.24, 2.45) is 5.11 Å². The van der Waals surface area contributed by atoms with Crippen molar-refractivity contribution in [1.29, 1.82) is 0 Å². The van der Waals surface area contributed by atoms with Crippen LogP contribution in [0.2, 0.25) is 10.0 Å². The third-order valence-electron chi connectivity index (χ3n) is 5.28. The van der Waals surface area contributed by atoms with Gasteiger partial charge in [-0.15, -0.1) is 0 Å². The summed E-state index contributed by atoms with van der Waals surface area (Å²) in [5.41, 5.74) is 10.9. The Hall–Kier alpha value is -2.97. The maximum Gasteiger partial charge on any atom is 0.223 e. The molecule has 166 valence electrons. The van der Waals surface area contributed by atoms with E-state index in [1.165, 1.54) is 14.2 Å². The molecule has 0 amide bonds. The van der Waals surface area contributed by atoms with E-state index in [9.17, 15) is 0 Å². The lowest BCUT2D eigenvalue weighted by Crippen LogP contribution is -2.41. The van der Waals surface area contributed by atoms with Gasteiger partial charge in [0.2, 0.25) is 5.95 Å². The quantitative estimate of drug-likeness (QED) is 0.286. The summed E-state index contributed by atoms with van der Waals surface area (Å²) in [6.45, 7) is 0.974. The van der Waals surface area contributed by atoms with Crippen LogP contribution in [0.1, 0.15) is 6.42 Å². The number of nitrogens with zero attached hydrogens (tertiary/aromatic N) is 5. The molecule has 0 saturated carbocycles. The van der Waals surface area contributed by atoms with E-state index in [0.717, 1.165) is 16.5 Å². The Balaban J connectivity index is 1.68. The highest BCUT2D eigenvalue weighted by Crippen LogP contribution is 2.46. The molecule has 2 atom stereocenters. The Labute approximate surface area is 194 Å². The number of hydrogen-bond donors (Lipinski definition) is 1. The largest absolute Gasteiger partial charge is 0.495 e. The lowest BCUT2D eigenvalue weighted by atomic mass is 10.0. The zero-order valence-corrected chi connectivity index (χ0v) is 18.9. The number of fused-ring (bicyclic) bond motifs is 1. The first-order valence-corrected chi connectivity index (χ1v) is 10.6. The Bertz CT molecular complexity index is 1170. The van der Waals surface area contributed by atoms with E-state index in [2.05, 4.69) is 25.3 Å². The molecule has 32 heavy (non-hydrogen) atoms. The molecule has 2 aromatic carbocycles. The highest BCUT2D eigenvalue weighted by Gasteiger charge is 2.25. The molecular formula is C21H20Cl2N6O3. The maximum atomic E-state index is 8.79. The highest BCUT2D eigenvalue weighted by molar-refractivity contribution is 6.41. The predicted octanol–water partition coefficient (Wildman–Crippen LogP) is 5.50. The molecule has 11 heteroatoms. The molecule has 0 radical (unpaired) electrons. The van der Waals surface area contributed by atoms with Crippen LogP contribution in [0, 0.1) is 0 Å². The second kappa shape index (κ2) is 9.67. The minimum atomic E-state index is -0.220. The van der Waals surface area contributed by atoms with Crippen LogP contribution in [-0.4, -0.2) is 49.5 Å². The number of ether oxygens (including phenoxy) is 3. The molecular weight excluding hydrogens is 455 g/mol. The number of aromatic nitrogens is 2. The van der Waals surface area contributed by atoms with Crippen LogP contribution in [0.25, 0.3) is 32.5 Å². The van der Waals surface area contributed by atoms with Crippen molar-refractivity contribution in [2.75, 3.05) is 32.8 Å². The first-order chi connectivity index (χ1) is 15.5. The van der Waals surface area contributed by atoms with Gasteiger partial charge >= 0.3 is 0 Å². The number of rotatable bonds is 6. The number of benzene rings is 2. The predicted molar refractivity (Wildman–Crippen MR) is 124 cm³/mol. The minimum absolute atomic E-state index is 0.196. The second-order valence-corrected chi connectivity index (χ2v) is 7.89. The smallest absolute Gasteiger partial charge is 0.223 e. The van der Waals surface area contributed by atoms with Crippen LogP contribution in [0.15, 0.2) is 35.6 Å². The minimum Gasteiger partial charge on any atom is -0.495 e. The summed E-state index contributed by atoms with van der Waals surface area (Å²) in [4.78, 5) is 11.9. The van der Waals surface area contributed by atoms with Crippen molar-refractivity contribution in [2.45, 2.75) is 18.5 Å². The summed E-state index contributed by atoms with van der Waals surface area (Å²) in [6, 6.07) is 6.86. The van der Waals surface area contributed by atoms with E-state index < -0.39 is 0 Å². The van der Waals surface area contributed by atoms with Crippen molar-refractivity contribution in [3.8, 4) is 22.6 Å². The molecule has 3 aromatic rings. The molecule has 0 spiro atoms. The zero-order chi connectivity index (χ0) is 22.7. The SMILES string of the molecule is COc1cc(OC)c(Cl)c(-c2ccc3nc(N[C@@H]4COCCC4N=[N+]=[N-])ncc3c2)c1Cl. The molecule has 1 aromatic heterocycles. The molecule has 4 rings (SSSR count). The second-order valence-electron chi connectivity index (χ2n) is 7.14.